The summed E-state index contributed by atoms with van der Waals surface area (Å²) in [6.07, 6.45) is 4.07. The monoisotopic (exact) mass is 311 g/mol. The molecule has 4 heteroatoms. The molecule has 1 N–H and O–H groups in total. The largest absolute Gasteiger partial charge is 0.461 e. The summed E-state index contributed by atoms with van der Waals surface area (Å²) in [4.78, 5) is 13.0. The molecule has 112 valence electrons. The van der Waals surface area contributed by atoms with Gasteiger partial charge in [0.1, 0.15) is 11.3 Å². The van der Waals surface area contributed by atoms with Gasteiger partial charge in [-0.2, -0.15) is 0 Å². The number of amides is 1. The second kappa shape index (κ2) is 6.62. The van der Waals surface area contributed by atoms with Crippen molar-refractivity contribution in [2.24, 2.45) is 0 Å². The van der Waals surface area contributed by atoms with E-state index in [1.807, 2.05) is 60.8 Å². The smallest absolute Gasteiger partial charge is 0.244 e. The molecule has 1 unspecified atom stereocenters. The van der Waals surface area contributed by atoms with E-state index in [1.165, 1.54) is 0 Å². The summed E-state index contributed by atoms with van der Waals surface area (Å²) in [5, 5.41) is 6.03. The van der Waals surface area contributed by atoms with Gasteiger partial charge in [-0.05, 0) is 36.6 Å². The Morgan fingerprint density at radius 1 is 1.32 bits per heavy atom. The fraction of sp³-hybridized carbons (Fsp3) is 0.167. The lowest BCUT2D eigenvalue weighted by Gasteiger charge is -2.10. The first-order valence-corrected chi connectivity index (χ1v) is 8.08. The second-order valence-electron chi connectivity index (χ2n) is 5.21. The Balaban J connectivity index is 1.57. The quantitative estimate of drug-likeness (QED) is 0.716. The molecule has 1 amide bonds. The Labute approximate surface area is 133 Å². The standard InChI is InChI=1S/C18H17NO2S/c1-13(19-18(20)9-8-16-6-4-10-22-16)11-15-12-14-5-2-3-7-17(14)21-15/h2-10,12-13H,11H2,1H3,(H,19,20)/b9-8+. The number of benzene rings is 1. The number of hydrogen-bond donors (Lipinski definition) is 1. The number of para-hydroxylation sites is 1. The molecule has 2 aromatic heterocycles. The van der Waals surface area contributed by atoms with Crippen molar-refractivity contribution in [3.05, 3.63) is 64.6 Å². The minimum atomic E-state index is -0.0861. The number of carbonyl (C=O) groups is 1. The zero-order valence-corrected chi connectivity index (χ0v) is 13.1. The molecule has 0 fully saturated rings. The van der Waals surface area contributed by atoms with Crippen molar-refractivity contribution < 1.29 is 9.21 Å². The van der Waals surface area contributed by atoms with Gasteiger partial charge in [-0.3, -0.25) is 4.79 Å². The molecule has 0 saturated heterocycles. The van der Waals surface area contributed by atoms with E-state index < -0.39 is 0 Å². The van der Waals surface area contributed by atoms with Crippen LogP contribution in [0.1, 0.15) is 17.6 Å². The van der Waals surface area contributed by atoms with Gasteiger partial charge in [-0.1, -0.05) is 24.3 Å². The van der Waals surface area contributed by atoms with E-state index in [-0.39, 0.29) is 11.9 Å². The van der Waals surface area contributed by atoms with E-state index in [2.05, 4.69) is 5.32 Å². The van der Waals surface area contributed by atoms with Crippen LogP contribution in [0, 0.1) is 0 Å². The molecular formula is C18H17NO2S. The fourth-order valence-electron chi connectivity index (χ4n) is 2.33. The summed E-state index contributed by atoms with van der Waals surface area (Å²) < 4.78 is 5.77. The van der Waals surface area contributed by atoms with Crippen molar-refractivity contribution in [2.75, 3.05) is 0 Å². The van der Waals surface area contributed by atoms with Gasteiger partial charge in [0.05, 0.1) is 0 Å². The maximum absolute atomic E-state index is 11.9. The lowest BCUT2D eigenvalue weighted by molar-refractivity contribution is -0.117. The zero-order chi connectivity index (χ0) is 15.4. The number of thiophene rings is 1. The van der Waals surface area contributed by atoms with Gasteiger partial charge >= 0.3 is 0 Å². The highest BCUT2D eigenvalue weighted by molar-refractivity contribution is 7.10. The van der Waals surface area contributed by atoms with Crippen molar-refractivity contribution >= 4 is 34.3 Å². The summed E-state index contributed by atoms with van der Waals surface area (Å²) in [6, 6.07) is 13.9. The molecule has 3 nitrogen and oxygen atoms in total. The van der Waals surface area contributed by atoms with Gasteiger partial charge < -0.3 is 9.73 Å². The van der Waals surface area contributed by atoms with Crippen LogP contribution >= 0.6 is 11.3 Å². The average Bonchev–Trinajstić information content (AvgIpc) is 3.13. The molecule has 0 saturated carbocycles. The SMILES string of the molecule is CC(Cc1cc2ccccc2o1)NC(=O)/C=C/c1cccs1. The summed E-state index contributed by atoms with van der Waals surface area (Å²) >= 11 is 1.61. The fourth-order valence-corrected chi connectivity index (χ4v) is 2.94. The zero-order valence-electron chi connectivity index (χ0n) is 12.3. The first kappa shape index (κ1) is 14.6. The molecule has 0 aliphatic carbocycles. The van der Waals surface area contributed by atoms with Gasteiger partial charge in [0.2, 0.25) is 5.91 Å². The summed E-state index contributed by atoms with van der Waals surface area (Å²) in [5.74, 6) is 0.799. The second-order valence-corrected chi connectivity index (χ2v) is 6.19. The van der Waals surface area contributed by atoms with E-state index in [1.54, 1.807) is 17.4 Å². The molecule has 1 aromatic carbocycles. The molecule has 3 aromatic rings. The van der Waals surface area contributed by atoms with E-state index in [9.17, 15) is 4.79 Å². The van der Waals surface area contributed by atoms with Crippen LogP contribution in [-0.4, -0.2) is 11.9 Å². The number of furan rings is 1. The number of carbonyl (C=O) groups excluding carboxylic acids is 1. The maximum atomic E-state index is 11.9. The lowest BCUT2D eigenvalue weighted by atomic mass is 10.2. The van der Waals surface area contributed by atoms with Crippen LogP contribution in [-0.2, 0) is 11.2 Å². The molecule has 0 radical (unpaired) electrons. The minimum Gasteiger partial charge on any atom is -0.461 e. The number of hydrogen-bond acceptors (Lipinski definition) is 3. The molecule has 2 heterocycles. The van der Waals surface area contributed by atoms with Gasteiger partial charge in [-0.25, -0.2) is 0 Å². The van der Waals surface area contributed by atoms with Crippen LogP contribution in [0.25, 0.3) is 17.0 Å². The Kier molecular flexibility index (Phi) is 4.39. The van der Waals surface area contributed by atoms with Crippen molar-refractivity contribution in [1.29, 1.82) is 0 Å². The molecule has 0 spiro atoms. The third-order valence-electron chi connectivity index (χ3n) is 3.31. The summed E-state index contributed by atoms with van der Waals surface area (Å²) in [6.45, 7) is 1.98. The minimum absolute atomic E-state index is 0.0149. The van der Waals surface area contributed by atoms with Gasteiger partial charge in [0.25, 0.3) is 0 Å². The molecule has 0 aliphatic heterocycles. The number of nitrogens with one attached hydrogen (secondary N) is 1. The molecule has 3 rings (SSSR count). The Morgan fingerprint density at radius 3 is 2.95 bits per heavy atom. The van der Waals surface area contributed by atoms with Crippen LogP contribution in [0.4, 0.5) is 0 Å². The normalized spacial score (nSPS) is 12.8. The topological polar surface area (TPSA) is 42.2 Å². The van der Waals surface area contributed by atoms with Crippen molar-refractivity contribution in [3.8, 4) is 0 Å². The molecular weight excluding hydrogens is 294 g/mol. The molecule has 0 aliphatic rings. The Hall–Kier alpha value is -2.33. The first-order valence-electron chi connectivity index (χ1n) is 7.20. The van der Waals surface area contributed by atoms with E-state index >= 15 is 0 Å². The summed E-state index contributed by atoms with van der Waals surface area (Å²) in [7, 11) is 0. The van der Waals surface area contributed by atoms with Gasteiger partial charge in [0.15, 0.2) is 0 Å². The highest BCUT2D eigenvalue weighted by atomic mass is 32.1. The molecule has 0 bridgehead atoms. The Bertz CT molecular complexity index is 753. The highest BCUT2D eigenvalue weighted by Crippen LogP contribution is 2.19. The van der Waals surface area contributed by atoms with E-state index in [0.29, 0.717) is 6.42 Å². The number of fused-ring (bicyclic) bond motifs is 1. The van der Waals surface area contributed by atoms with Crippen LogP contribution in [0.15, 0.2) is 58.3 Å². The van der Waals surface area contributed by atoms with Gasteiger partial charge in [0, 0.05) is 28.8 Å². The third kappa shape index (κ3) is 3.65. The molecule has 22 heavy (non-hydrogen) atoms. The van der Waals surface area contributed by atoms with Crippen LogP contribution in [0.5, 0.6) is 0 Å². The van der Waals surface area contributed by atoms with E-state index in [4.69, 9.17) is 4.42 Å². The van der Waals surface area contributed by atoms with Crippen LogP contribution < -0.4 is 5.32 Å². The summed E-state index contributed by atoms with van der Waals surface area (Å²) in [5.41, 5.74) is 0.883. The number of rotatable bonds is 5. The van der Waals surface area contributed by atoms with E-state index in [0.717, 1.165) is 21.6 Å². The average molecular weight is 311 g/mol. The Morgan fingerprint density at radius 2 is 2.18 bits per heavy atom. The molecule has 1 atom stereocenters. The van der Waals surface area contributed by atoms with Crippen molar-refractivity contribution in [1.82, 2.24) is 5.32 Å². The van der Waals surface area contributed by atoms with Crippen LogP contribution in [0.2, 0.25) is 0 Å². The van der Waals surface area contributed by atoms with Crippen LogP contribution in [0.3, 0.4) is 0 Å². The predicted molar refractivity (Wildman–Crippen MR) is 90.9 cm³/mol. The lowest BCUT2D eigenvalue weighted by Crippen LogP contribution is -2.32. The third-order valence-corrected chi connectivity index (χ3v) is 4.15. The van der Waals surface area contributed by atoms with Crippen molar-refractivity contribution in [2.45, 2.75) is 19.4 Å². The predicted octanol–water partition coefficient (Wildman–Crippen LogP) is 4.25. The first-order chi connectivity index (χ1) is 10.7. The highest BCUT2D eigenvalue weighted by Gasteiger charge is 2.10. The van der Waals surface area contributed by atoms with Gasteiger partial charge in [-0.15, -0.1) is 11.3 Å². The van der Waals surface area contributed by atoms with Crippen molar-refractivity contribution in [3.63, 3.8) is 0 Å². The maximum Gasteiger partial charge on any atom is 0.244 e.